The van der Waals surface area contributed by atoms with Crippen molar-refractivity contribution in [3.8, 4) is 5.75 Å². The molecule has 0 bridgehead atoms. The van der Waals surface area contributed by atoms with Gasteiger partial charge in [-0.15, -0.1) is 0 Å². The predicted molar refractivity (Wildman–Crippen MR) is 76.0 cm³/mol. The summed E-state index contributed by atoms with van der Waals surface area (Å²) in [6, 6.07) is 7.42. The van der Waals surface area contributed by atoms with Crippen LogP contribution in [-0.2, 0) is 6.54 Å². The average molecular weight is 283 g/mol. The maximum Gasteiger partial charge on any atom is 0.387 e. The highest BCUT2D eigenvalue weighted by atomic mass is 19.3. The fraction of sp³-hybridized carbons (Fsp3) is 0.625. The number of hydrogen-bond donors (Lipinski definition) is 1. The minimum absolute atomic E-state index is 0.261. The molecule has 1 unspecified atom stereocenters. The molecule has 1 aromatic rings. The molecule has 1 aliphatic carbocycles. The number of benzene rings is 1. The van der Waals surface area contributed by atoms with Gasteiger partial charge in [0.25, 0.3) is 0 Å². The van der Waals surface area contributed by atoms with Crippen molar-refractivity contribution >= 4 is 0 Å². The van der Waals surface area contributed by atoms with E-state index in [1.165, 1.54) is 19.3 Å². The molecule has 1 N–H and O–H groups in total. The van der Waals surface area contributed by atoms with Crippen LogP contribution in [0.15, 0.2) is 24.3 Å². The highest BCUT2D eigenvalue weighted by Gasteiger charge is 2.31. The number of alkyl halides is 2. The summed E-state index contributed by atoms with van der Waals surface area (Å²) >= 11 is 0. The molecule has 4 heteroatoms. The molecule has 0 spiro atoms. The highest BCUT2D eigenvalue weighted by Crippen LogP contribution is 2.35. The quantitative estimate of drug-likeness (QED) is 0.867. The Kier molecular flexibility index (Phi) is 4.97. The second kappa shape index (κ2) is 6.53. The summed E-state index contributed by atoms with van der Waals surface area (Å²) in [4.78, 5) is 0. The van der Waals surface area contributed by atoms with Crippen molar-refractivity contribution in [1.82, 2.24) is 5.32 Å². The summed E-state index contributed by atoms with van der Waals surface area (Å²) in [5.74, 6) is 0.267. The Morgan fingerprint density at radius 3 is 2.75 bits per heavy atom. The molecule has 0 saturated heterocycles. The SMILES string of the molecule is CC1(C)CCCCC1NCc1ccccc1OC(F)F. The van der Waals surface area contributed by atoms with E-state index in [1.807, 2.05) is 12.1 Å². The molecule has 0 aliphatic heterocycles. The number of halogens is 2. The monoisotopic (exact) mass is 283 g/mol. The molecular weight excluding hydrogens is 260 g/mol. The third kappa shape index (κ3) is 3.92. The molecule has 1 saturated carbocycles. The van der Waals surface area contributed by atoms with Gasteiger partial charge in [0.15, 0.2) is 0 Å². The van der Waals surface area contributed by atoms with Crippen LogP contribution in [-0.4, -0.2) is 12.7 Å². The van der Waals surface area contributed by atoms with E-state index in [4.69, 9.17) is 0 Å². The van der Waals surface area contributed by atoms with E-state index in [2.05, 4.69) is 23.9 Å². The van der Waals surface area contributed by atoms with Crippen LogP contribution in [0.5, 0.6) is 5.75 Å². The van der Waals surface area contributed by atoms with Gasteiger partial charge in [0, 0.05) is 18.2 Å². The van der Waals surface area contributed by atoms with Gasteiger partial charge in [-0.1, -0.05) is 44.9 Å². The van der Waals surface area contributed by atoms with E-state index in [9.17, 15) is 8.78 Å². The predicted octanol–water partition coefficient (Wildman–Crippen LogP) is 4.35. The first-order valence-corrected chi connectivity index (χ1v) is 7.25. The Labute approximate surface area is 119 Å². The zero-order valence-corrected chi connectivity index (χ0v) is 12.2. The number of nitrogens with one attached hydrogen (secondary N) is 1. The third-order valence-corrected chi connectivity index (χ3v) is 4.23. The topological polar surface area (TPSA) is 21.3 Å². The van der Waals surface area contributed by atoms with Crippen LogP contribution < -0.4 is 10.1 Å². The number of ether oxygens (including phenoxy) is 1. The molecular formula is C16H23F2NO. The molecule has 1 fully saturated rings. The Morgan fingerprint density at radius 2 is 2.05 bits per heavy atom. The van der Waals surface area contributed by atoms with Crippen molar-refractivity contribution in [1.29, 1.82) is 0 Å². The molecule has 1 aromatic carbocycles. The molecule has 1 aliphatic rings. The summed E-state index contributed by atoms with van der Waals surface area (Å²) in [5, 5.41) is 3.52. The van der Waals surface area contributed by atoms with Crippen molar-refractivity contribution in [3.05, 3.63) is 29.8 Å². The van der Waals surface area contributed by atoms with E-state index < -0.39 is 6.61 Å². The molecule has 112 valence electrons. The summed E-state index contributed by atoms with van der Waals surface area (Å²) in [7, 11) is 0. The Balaban J connectivity index is 2.00. The standard InChI is InChI=1S/C16H23F2NO/c1-16(2)10-6-5-9-14(16)19-11-12-7-3-4-8-13(12)20-15(17)18/h3-4,7-8,14-15,19H,5-6,9-11H2,1-2H3. The maximum atomic E-state index is 12.4. The first kappa shape index (κ1) is 15.2. The minimum Gasteiger partial charge on any atom is -0.434 e. The molecule has 20 heavy (non-hydrogen) atoms. The van der Waals surface area contributed by atoms with Gasteiger partial charge < -0.3 is 10.1 Å². The minimum atomic E-state index is -2.78. The van der Waals surface area contributed by atoms with Gasteiger partial charge in [0.2, 0.25) is 0 Å². The number of hydrogen-bond acceptors (Lipinski definition) is 2. The van der Waals surface area contributed by atoms with Gasteiger partial charge in [0.1, 0.15) is 5.75 Å². The molecule has 1 atom stereocenters. The van der Waals surface area contributed by atoms with Crippen molar-refractivity contribution in [2.24, 2.45) is 5.41 Å². The van der Waals surface area contributed by atoms with Crippen molar-refractivity contribution in [2.75, 3.05) is 0 Å². The van der Waals surface area contributed by atoms with Crippen LogP contribution in [0.1, 0.15) is 45.1 Å². The van der Waals surface area contributed by atoms with Crippen LogP contribution in [0.3, 0.4) is 0 Å². The van der Waals surface area contributed by atoms with Gasteiger partial charge in [-0.25, -0.2) is 0 Å². The highest BCUT2D eigenvalue weighted by molar-refractivity contribution is 5.33. The van der Waals surface area contributed by atoms with Gasteiger partial charge in [0.05, 0.1) is 0 Å². The second-order valence-electron chi connectivity index (χ2n) is 6.15. The smallest absolute Gasteiger partial charge is 0.387 e. The van der Waals surface area contributed by atoms with Crippen LogP contribution in [0, 0.1) is 5.41 Å². The second-order valence-corrected chi connectivity index (χ2v) is 6.15. The zero-order chi connectivity index (χ0) is 14.6. The lowest BCUT2D eigenvalue weighted by Crippen LogP contribution is -2.43. The van der Waals surface area contributed by atoms with E-state index in [0.717, 1.165) is 12.0 Å². The normalized spacial score (nSPS) is 21.9. The fourth-order valence-electron chi connectivity index (χ4n) is 2.97. The Bertz CT molecular complexity index is 434. The van der Waals surface area contributed by atoms with Crippen molar-refractivity contribution in [2.45, 2.75) is 58.7 Å². The van der Waals surface area contributed by atoms with Crippen LogP contribution >= 0.6 is 0 Å². The summed E-state index contributed by atoms with van der Waals surface area (Å²) in [6.07, 6.45) is 4.86. The molecule has 0 aromatic heterocycles. The van der Waals surface area contributed by atoms with Crippen LogP contribution in [0.4, 0.5) is 8.78 Å². The molecule has 2 nitrogen and oxygen atoms in total. The average Bonchev–Trinajstić information content (AvgIpc) is 2.38. The van der Waals surface area contributed by atoms with Gasteiger partial charge in [-0.2, -0.15) is 8.78 Å². The molecule has 0 amide bonds. The number of rotatable bonds is 5. The molecule has 0 radical (unpaired) electrons. The van der Waals surface area contributed by atoms with E-state index >= 15 is 0 Å². The first-order valence-electron chi connectivity index (χ1n) is 7.25. The largest absolute Gasteiger partial charge is 0.434 e. The lowest BCUT2D eigenvalue weighted by atomic mass is 9.73. The van der Waals surface area contributed by atoms with Gasteiger partial charge in [-0.05, 0) is 24.3 Å². The van der Waals surface area contributed by atoms with Gasteiger partial charge >= 0.3 is 6.61 Å². The lowest BCUT2D eigenvalue weighted by molar-refractivity contribution is -0.0505. The number of para-hydroxylation sites is 1. The molecule has 0 heterocycles. The summed E-state index contributed by atoms with van der Waals surface area (Å²) in [6.45, 7) is 2.33. The van der Waals surface area contributed by atoms with Crippen molar-refractivity contribution < 1.29 is 13.5 Å². The van der Waals surface area contributed by atoms with Crippen LogP contribution in [0.2, 0.25) is 0 Å². The maximum absolute atomic E-state index is 12.4. The van der Waals surface area contributed by atoms with E-state index in [1.54, 1.807) is 12.1 Å². The third-order valence-electron chi connectivity index (χ3n) is 4.23. The Morgan fingerprint density at radius 1 is 1.30 bits per heavy atom. The first-order chi connectivity index (χ1) is 9.49. The fourth-order valence-corrected chi connectivity index (χ4v) is 2.97. The van der Waals surface area contributed by atoms with E-state index in [-0.39, 0.29) is 11.2 Å². The van der Waals surface area contributed by atoms with E-state index in [0.29, 0.717) is 12.6 Å². The Hall–Kier alpha value is -1.16. The lowest BCUT2D eigenvalue weighted by Gasteiger charge is -2.39. The zero-order valence-electron chi connectivity index (χ0n) is 12.2. The summed E-state index contributed by atoms with van der Waals surface area (Å²) in [5.41, 5.74) is 1.05. The molecule has 2 rings (SSSR count). The van der Waals surface area contributed by atoms with Crippen molar-refractivity contribution in [3.63, 3.8) is 0 Å². The van der Waals surface area contributed by atoms with Gasteiger partial charge in [-0.3, -0.25) is 0 Å². The summed E-state index contributed by atoms with van der Waals surface area (Å²) < 4.78 is 29.3. The van der Waals surface area contributed by atoms with Crippen LogP contribution in [0.25, 0.3) is 0 Å².